The van der Waals surface area contributed by atoms with Crippen LogP contribution in [0.1, 0.15) is 37.3 Å². The third kappa shape index (κ3) is 5.55. The largest absolute Gasteiger partial charge is 0.443 e. The van der Waals surface area contributed by atoms with E-state index in [9.17, 15) is 8.42 Å². The van der Waals surface area contributed by atoms with Crippen molar-refractivity contribution in [1.29, 1.82) is 0 Å². The molecule has 0 aliphatic carbocycles. The summed E-state index contributed by atoms with van der Waals surface area (Å²) in [6.45, 7) is 6.99. The molecule has 4 N–H and O–H groups in total. The summed E-state index contributed by atoms with van der Waals surface area (Å²) in [5, 5.41) is 11.3. The summed E-state index contributed by atoms with van der Waals surface area (Å²) in [7, 11) is -2.01. The Hall–Kier alpha value is -1.91. The third-order valence-electron chi connectivity index (χ3n) is 3.27. The van der Waals surface area contributed by atoms with E-state index in [0.717, 1.165) is 22.0 Å². The molecule has 0 saturated heterocycles. The van der Waals surface area contributed by atoms with Gasteiger partial charge in [-0.2, -0.15) is 0 Å². The van der Waals surface area contributed by atoms with Gasteiger partial charge in [0, 0.05) is 17.3 Å². The van der Waals surface area contributed by atoms with Crippen molar-refractivity contribution in [3.8, 4) is 0 Å². The fourth-order valence-corrected chi connectivity index (χ4v) is 3.61. The van der Waals surface area contributed by atoms with Gasteiger partial charge in [-0.1, -0.05) is 20.8 Å². The molecule has 0 aliphatic rings. The molecule has 0 bridgehead atoms. The van der Waals surface area contributed by atoms with Gasteiger partial charge in [0.15, 0.2) is 5.96 Å². The van der Waals surface area contributed by atoms with Crippen molar-refractivity contribution in [3.05, 3.63) is 34.9 Å². The lowest BCUT2D eigenvalue weighted by Gasteiger charge is -2.13. The van der Waals surface area contributed by atoms with E-state index in [0.29, 0.717) is 24.9 Å². The molecule has 0 saturated carbocycles. The normalized spacial score (nSPS) is 13.1. The lowest BCUT2D eigenvalue weighted by atomic mass is 9.94. The van der Waals surface area contributed by atoms with Crippen molar-refractivity contribution in [2.24, 2.45) is 10.1 Å². The molecule has 2 aromatic heterocycles. The summed E-state index contributed by atoms with van der Waals surface area (Å²) in [6.07, 6.45) is 1.73. The third-order valence-corrected chi connectivity index (χ3v) is 5.79. The Morgan fingerprint density at radius 2 is 2.00 bits per heavy atom. The van der Waals surface area contributed by atoms with Crippen molar-refractivity contribution in [1.82, 2.24) is 15.6 Å². The fraction of sp³-hybridized carbons (Fsp3) is 0.467. The Morgan fingerprint density at radius 3 is 2.52 bits per heavy atom. The second-order valence-electron chi connectivity index (χ2n) is 6.41. The van der Waals surface area contributed by atoms with Gasteiger partial charge in [0.1, 0.15) is 9.97 Å². The van der Waals surface area contributed by atoms with Gasteiger partial charge < -0.3 is 15.1 Å². The minimum Gasteiger partial charge on any atom is -0.443 e. The summed E-state index contributed by atoms with van der Waals surface area (Å²) >= 11 is 1.12. The van der Waals surface area contributed by atoms with Crippen LogP contribution in [0.5, 0.6) is 0 Å². The molecule has 2 heterocycles. The lowest BCUT2D eigenvalue weighted by molar-refractivity contribution is 0.379. The van der Waals surface area contributed by atoms with Crippen LogP contribution in [0, 0.1) is 0 Å². The predicted octanol–water partition coefficient (Wildman–Crippen LogP) is 1.55. The van der Waals surface area contributed by atoms with Gasteiger partial charge in [-0.3, -0.25) is 4.99 Å². The van der Waals surface area contributed by atoms with Gasteiger partial charge in [-0.15, -0.1) is 11.3 Å². The van der Waals surface area contributed by atoms with E-state index >= 15 is 0 Å². The Labute approximate surface area is 151 Å². The van der Waals surface area contributed by atoms with Crippen LogP contribution in [0.15, 0.2) is 31.9 Å². The summed E-state index contributed by atoms with van der Waals surface area (Å²) < 4.78 is 28.4. The molecule has 138 valence electrons. The Kier molecular flexibility index (Phi) is 5.86. The number of oxazole rings is 1. The van der Waals surface area contributed by atoms with Gasteiger partial charge in [-0.25, -0.2) is 18.5 Å². The molecule has 0 unspecified atom stereocenters. The highest BCUT2D eigenvalue weighted by Gasteiger charge is 2.19. The maximum atomic E-state index is 11.3. The number of nitrogens with zero attached hydrogens (tertiary/aromatic N) is 2. The van der Waals surface area contributed by atoms with Crippen LogP contribution in [-0.2, 0) is 28.5 Å². The second kappa shape index (κ2) is 7.54. The number of sulfonamides is 1. The number of primary sulfonamides is 1. The van der Waals surface area contributed by atoms with Gasteiger partial charge >= 0.3 is 0 Å². The van der Waals surface area contributed by atoms with Gasteiger partial charge in [0.05, 0.1) is 19.3 Å². The highest BCUT2D eigenvalue weighted by atomic mass is 32.2. The van der Waals surface area contributed by atoms with E-state index in [-0.39, 0.29) is 9.62 Å². The van der Waals surface area contributed by atoms with Gasteiger partial charge in [-0.05, 0) is 12.1 Å². The van der Waals surface area contributed by atoms with Gasteiger partial charge in [0.25, 0.3) is 0 Å². The van der Waals surface area contributed by atoms with Crippen LogP contribution in [0.2, 0.25) is 0 Å². The Bertz CT molecular complexity index is 847. The number of guanidine groups is 1. The minimum absolute atomic E-state index is 0.0919. The first-order valence-electron chi connectivity index (χ1n) is 7.61. The van der Waals surface area contributed by atoms with Gasteiger partial charge in [0.2, 0.25) is 15.9 Å². The van der Waals surface area contributed by atoms with E-state index in [1.807, 2.05) is 0 Å². The highest BCUT2D eigenvalue weighted by Crippen LogP contribution is 2.22. The average molecular weight is 386 g/mol. The van der Waals surface area contributed by atoms with Crippen LogP contribution >= 0.6 is 11.3 Å². The minimum atomic E-state index is -3.66. The molecule has 0 spiro atoms. The Morgan fingerprint density at radius 1 is 1.32 bits per heavy atom. The molecule has 0 fully saturated rings. The van der Waals surface area contributed by atoms with E-state index in [1.165, 1.54) is 6.07 Å². The molecular weight excluding hydrogens is 362 g/mol. The summed E-state index contributed by atoms with van der Waals surface area (Å²) in [5.74, 6) is 1.95. The monoisotopic (exact) mass is 385 g/mol. The first-order chi connectivity index (χ1) is 11.6. The van der Waals surface area contributed by atoms with Crippen molar-refractivity contribution >= 4 is 27.3 Å². The zero-order valence-corrected chi connectivity index (χ0v) is 16.3. The molecule has 10 heteroatoms. The zero-order valence-electron chi connectivity index (χ0n) is 14.7. The number of nitrogens with two attached hydrogens (primary N) is 1. The van der Waals surface area contributed by atoms with Crippen LogP contribution < -0.4 is 15.8 Å². The number of nitrogens with one attached hydrogen (secondary N) is 2. The van der Waals surface area contributed by atoms with E-state index in [1.54, 1.807) is 19.3 Å². The highest BCUT2D eigenvalue weighted by molar-refractivity contribution is 7.91. The smallest absolute Gasteiger partial charge is 0.247 e. The van der Waals surface area contributed by atoms with Crippen LogP contribution in [-0.4, -0.2) is 26.4 Å². The van der Waals surface area contributed by atoms with Crippen LogP contribution in [0.25, 0.3) is 0 Å². The second-order valence-corrected chi connectivity index (χ2v) is 9.37. The molecule has 2 rings (SSSR count). The quantitative estimate of drug-likeness (QED) is 0.530. The standard InChI is InChI=1S/C15H23N5O3S2/c1-15(2,3)11-8-18-12(23-11)9-20-14(17-4)19-7-10-5-6-13(24-10)25(16,21)22/h5-6,8H,7,9H2,1-4H3,(H2,16,21,22)(H2,17,19,20). The topological polar surface area (TPSA) is 123 Å². The molecule has 8 nitrogen and oxygen atoms in total. The number of hydrogen-bond acceptors (Lipinski definition) is 6. The van der Waals surface area contributed by atoms with E-state index in [2.05, 4.69) is 41.4 Å². The predicted molar refractivity (Wildman–Crippen MR) is 97.9 cm³/mol. The first-order valence-corrected chi connectivity index (χ1v) is 9.97. The number of aliphatic imine (C=N–C) groups is 1. The summed E-state index contributed by atoms with van der Waals surface area (Å²) in [4.78, 5) is 9.19. The van der Waals surface area contributed by atoms with E-state index in [4.69, 9.17) is 9.56 Å². The number of hydrogen-bond donors (Lipinski definition) is 3. The van der Waals surface area contributed by atoms with Crippen molar-refractivity contribution in [3.63, 3.8) is 0 Å². The number of rotatable bonds is 5. The molecule has 0 aromatic carbocycles. The molecule has 0 aliphatic heterocycles. The SMILES string of the molecule is CN=C(NCc1ncc(C(C)(C)C)o1)NCc1ccc(S(N)(=O)=O)s1. The van der Waals surface area contributed by atoms with Crippen molar-refractivity contribution in [2.75, 3.05) is 7.05 Å². The zero-order chi connectivity index (χ0) is 18.7. The Balaban J connectivity index is 1.89. The van der Waals surface area contributed by atoms with Crippen molar-refractivity contribution < 1.29 is 12.8 Å². The lowest BCUT2D eigenvalue weighted by Crippen LogP contribution is -2.36. The molecular formula is C15H23N5O3S2. The maximum Gasteiger partial charge on any atom is 0.247 e. The molecule has 0 atom stereocenters. The summed E-state index contributed by atoms with van der Waals surface area (Å²) in [5.41, 5.74) is -0.0919. The molecule has 0 radical (unpaired) electrons. The molecule has 25 heavy (non-hydrogen) atoms. The molecule has 2 aromatic rings. The summed E-state index contributed by atoms with van der Waals surface area (Å²) in [6, 6.07) is 3.21. The van der Waals surface area contributed by atoms with Crippen molar-refractivity contribution in [2.45, 2.75) is 43.5 Å². The number of thiophene rings is 1. The van der Waals surface area contributed by atoms with E-state index < -0.39 is 10.0 Å². The number of aromatic nitrogens is 1. The first kappa shape index (κ1) is 19.4. The van der Waals surface area contributed by atoms with Crippen LogP contribution in [0.3, 0.4) is 0 Å². The maximum absolute atomic E-state index is 11.3. The molecule has 0 amide bonds. The fourth-order valence-electron chi connectivity index (χ4n) is 1.90. The average Bonchev–Trinajstić information content (AvgIpc) is 3.15. The van der Waals surface area contributed by atoms with Crippen LogP contribution in [0.4, 0.5) is 0 Å².